The minimum absolute atomic E-state index is 0.117. The number of rotatable bonds is 9. The molecule has 6 heteroatoms. The van der Waals surface area contributed by atoms with Crippen molar-refractivity contribution in [3.8, 4) is 0 Å². The molecule has 0 fully saturated rings. The summed E-state index contributed by atoms with van der Waals surface area (Å²) in [6.07, 6.45) is 0. The number of aliphatic hydroxyl groups excluding tert-OH is 2. The molecule has 2 rings (SSSR count). The van der Waals surface area contributed by atoms with E-state index in [0.717, 1.165) is 0 Å². The smallest absolute Gasteiger partial charge is 0.165 e. The lowest BCUT2D eigenvalue weighted by Gasteiger charge is -2.09. The molecule has 0 aliphatic carbocycles. The Kier molecular flexibility index (Phi) is 8.83. The van der Waals surface area contributed by atoms with Gasteiger partial charge in [0.1, 0.15) is 11.5 Å². The predicted molar refractivity (Wildman–Crippen MR) is 129 cm³/mol. The maximum absolute atomic E-state index is 12.1. The molecule has 0 aromatic heterocycles. The molecule has 0 saturated carbocycles. The van der Waals surface area contributed by atoms with E-state index in [1.54, 1.807) is 62.4 Å². The molecular weight excluding hydrogens is 404 g/mol. The fraction of sp³-hybridized carbons (Fsp3) is 0.231. The number of aliphatic hydroxyl groups is 2. The van der Waals surface area contributed by atoms with Crippen LogP contribution in [0.1, 0.15) is 38.8 Å². The Morgan fingerprint density at radius 1 is 0.625 bits per heavy atom. The molecule has 0 atom stereocenters. The van der Waals surface area contributed by atoms with Crippen molar-refractivity contribution in [2.75, 3.05) is 13.1 Å². The normalized spacial score (nSPS) is 13.9. The van der Waals surface area contributed by atoms with Gasteiger partial charge >= 0.3 is 0 Å². The lowest BCUT2D eigenvalue weighted by Crippen LogP contribution is -2.13. The SMILES string of the molecule is CC(=O)/C(C(C)=NCCN=C(C)/C(C(C)=O)=C(\O)c1ccccc1)=C(\O)c1ccccc1. The zero-order valence-corrected chi connectivity index (χ0v) is 18.8. The molecule has 2 N–H and O–H groups in total. The summed E-state index contributed by atoms with van der Waals surface area (Å²) in [4.78, 5) is 33.0. The molecule has 0 heterocycles. The summed E-state index contributed by atoms with van der Waals surface area (Å²) in [6, 6.07) is 17.6. The van der Waals surface area contributed by atoms with Crippen LogP contribution in [0.3, 0.4) is 0 Å². The molecule has 2 aromatic carbocycles. The molecule has 0 spiro atoms. The fourth-order valence-electron chi connectivity index (χ4n) is 3.26. The Bertz CT molecular complexity index is 1010. The molecule has 0 unspecified atom stereocenters. The maximum Gasteiger partial charge on any atom is 0.165 e. The summed E-state index contributed by atoms with van der Waals surface area (Å²) < 4.78 is 0. The molecule has 0 saturated heterocycles. The summed E-state index contributed by atoms with van der Waals surface area (Å²) >= 11 is 0. The van der Waals surface area contributed by atoms with Gasteiger partial charge in [-0.2, -0.15) is 0 Å². The number of hydrogen-bond acceptors (Lipinski definition) is 6. The number of allylic oxidation sites excluding steroid dienone is 2. The van der Waals surface area contributed by atoms with E-state index >= 15 is 0 Å². The third-order valence-corrected chi connectivity index (χ3v) is 4.79. The van der Waals surface area contributed by atoms with Gasteiger partial charge in [-0.3, -0.25) is 19.6 Å². The van der Waals surface area contributed by atoms with Crippen molar-refractivity contribution in [1.82, 2.24) is 0 Å². The maximum atomic E-state index is 12.1. The number of hydrogen-bond donors (Lipinski definition) is 2. The lowest BCUT2D eigenvalue weighted by molar-refractivity contribution is -0.114. The molecule has 0 bridgehead atoms. The van der Waals surface area contributed by atoms with Crippen molar-refractivity contribution < 1.29 is 19.8 Å². The van der Waals surface area contributed by atoms with Gasteiger partial charge in [-0.25, -0.2) is 0 Å². The van der Waals surface area contributed by atoms with Crippen LogP contribution in [0.5, 0.6) is 0 Å². The second-order valence-corrected chi connectivity index (χ2v) is 7.23. The van der Waals surface area contributed by atoms with Gasteiger partial charge in [0, 0.05) is 22.6 Å². The summed E-state index contributed by atoms with van der Waals surface area (Å²) in [5.41, 5.74) is 2.19. The van der Waals surface area contributed by atoms with Gasteiger partial charge in [-0.1, -0.05) is 60.7 Å². The minimum Gasteiger partial charge on any atom is -0.506 e. The van der Waals surface area contributed by atoms with Crippen LogP contribution in [-0.4, -0.2) is 46.3 Å². The highest BCUT2D eigenvalue weighted by Gasteiger charge is 2.17. The first kappa shape index (κ1) is 24.5. The second kappa shape index (κ2) is 11.6. The van der Waals surface area contributed by atoms with Crippen LogP contribution < -0.4 is 0 Å². The number of benzene rings is 2. The lowest BCUT2D eigenvalue weighted by atomic mass is 10.0. The average Bonchev–Trinajstić information content (AvgIpc) is 2.77. The third kappa shape index (κ3) is 6.35. The summed E-state index contributed by atoms with van der Waals surface area (Å²) in [6.45, 7) is 6.58. The van der Waals surface area contributed by atoms with Crippen LogP contribution in [0.4, 0.5) is 0 Å². The number of aliphatic imine (C=N–C) groups is 2. The number of nitrogens with zero attached hydrogens (tertiary/aromatic N) is 2. The van der Waals surface area contributed by atoms with E-state index in [9.17, 15) is 19.8 Å². The van der Waals surface area contributed by atoms with Crippen LogP contribution in [0, 0.1) is 0 Å². The Hall–Kier alpha value is -3.80. The van der Waals surface area contributed by atoms with Crippen molar-refractivity contribution in [2.45, 2.75) is 27.7 Å². The van der Waals surface area contributed by atoms with E-state index in [2.05, 4.69) is 9.98 Å². The zero-order chi connectivity index (χ0) is 23.7. The summed E-state index contributed by atoms with van der Waals surface area (Å²) in [7, 11) is 0. The largest absolute Gasteiger partial charge is 0.506 e. The van der Waals surface area contributed by atoms with Gasteiger partial charge in [-0.15, -0.1) is 0 Å². The van der Waals surface area contributed by atoms with E-state index in [1.807, 2.05) is 12.1 Å². The van der Waals surface area contributed by atoms with Gasteiger partial charge in [0.05, 0.1) is 24.2 Å². The van der Waals surface area contributed by atoms with Crippen molar-refractivity contribution in [1.29, 1.82) is 0 Å². The average molecular weight is 433 g/mol. The van der Waals surface area contributed by atoms with Crippen LogP contribution in [-0.2, 0) is 9.59 Å². The number of carbonyl (C=O) groups is 2. The second-order valence-electron chi connectivity index (χ2n) is 7.23. The minimum atomic E-state index is -0.290. The first-order valence-electron chi connectivity index (χ1n) is 10.3. The number of carbonyl (C=O) groups excluding carboxylic acids is 2. The van der Waals surface area contributed by atoms with Gasteiger partial charge in [0.15, 0.2) is 11.6 Å². The van der Waals surface area contributed by atoms with E-state index < -0.39 is 0 Å². The van der Waals surface area contributed by atoms with Gasteiger partial charge in [-0.05, 0) is 27.7 Å². The predicted octanol–water partition coefficient (Wildman–Crippen LogP) is 5.02. The number of ketones is 2. The first-order chi connectivity index (χ1) is 15.2. The van der Waals surface area contributed by atoms with Gasteiger partial charge in [0.2, 0.25) is 0 Å². The molecule has 32 heavy (non-hydrogen) atoms. The molecule has 0 aliphatic heterocycles. The van der Waals surface area contributed by atoms with Crippen molar-refractivity contribution in [2.24, 2.45) is 9.98 Å². The molecule has 0 radical (unpaired) electrons. The zero-order valence-electron chi connectivity index (χ0n) is 18.8. The van der Waals surface area contributed by atoms with E-state index in [0.29, 0.717) is 22.6 Å². The third-order valence-electron chi connectivity index (χ3n) is 4.79. The van der Waals surface area contributed by atoms with Gasteiger partial charge in [0.25, 0.3) is 0 Å². The fourth-order valence-corrected chi connectivity index (χ4v) is 3.26. The van der Waals surface area contributed by atoms with Crippen LogP contribution in [0.25, 0.3) is 11.5 Å². The van der Waals surface area contributed by atoms with Crippen molar-refractivity contribution in [3.05, 3.63) is 82.9 Å². The van der Waals surface area contributed by atoms with Crippen LogP contribution in [0.2, 0.25) is 0 Å². The van der Waals surface area contributed by atoms with Gasteiger partial charge < -0.3 is 10.2 Å². The molecule has 0 amide bonds. The summed E-state index contributed by atoms with van der Waals surface area (Å²) in [5.74, 6) is -0.814. The first-order valence-corrected chi connectivity index (χ1v) is 10.3. The Balaban J connectivity index is 2.23. The molecular formula is C26H28N2O4. The molecule has 0 aliphatic rings. The standard InChI is InChI=1S/C26H28N2O4/c1-17(23(19(3)29)25(31)21-11-7-5-8-12-21)27-15-16-28-18(2)24(20(4)30)26(32)22-13-9-6-10-14-22/h5-14,31-32H,15-16H2,1-4H3/b25-23-,26-24+,27-17?,28-18?. The van der Waals surface area contributed by atoms with Crippen molar-refractivity contribution in [3.63, 3.8) is 0 Å². The van der Waals surface area contributed by atoms with E-state index in [-0.39, 0.29) is 47.3 Å². The highest BCUT2D eigenvalue weighted by atomic mass is 16.3. The quantitative estimate of drug-likeness (QED) is 0.251. The van der Waals surface area contributed by atoms with E-state index in [1.165, 1.54) is 13.8 Å². The summed E-state index contributed by atoms with van der Waals surface area (Å²) in [5, 5.41) is 21.1. The molecule has 2 aromatic rings. The molecule has 166 valence electrons. The Morgan fingerprint density at radius 3 is 1.22 bits per heavy atom. The Labute approximate surface area is 188 Å². The topological polar surface area (TPSA) is 99.3 Å². The van der Waals surface area contributed by atoms with Crippen molar-refractivity contribution >= 4 is 34.5 Å². The molecule has 6 nitrogen and oxygen atoms in total. The number of Topliss-reactive ketones (excluding diaryl/α,β-unsaturated/α-hetero) is 2. The van der Waals surface area contributed by atoms with Crippen LogP contribution in [0.15, 0.2) is 81.8 Å². The van der Waals surface area contributed by atoms with E-state index in [4.69, 9.17) is 0 Å². The monoisotopic (exact) mass is 432 g/mol. The van der Waals surface area contributed by atoms with Crippen LogP contribution >= 0.6 is 0 Å². The Morgan fingerprint density at radius 2 is 0.938 bits per heavy atom. The highest BCUT2D eigenvalue weighted by Crippen LogP contribution is 2.19. The highest BCUT2D eigenvalue weighted by molar-refractivity contribution is 6.25.